The van der Waals surface area contributed by atoms with Gasteiger partial charge in [0.2, 0.25) is 0 Å². The molecule has 2 aliphatic heterocycles. The van der Waals surface area contributed by atoms with Gasteiger partial charge < -0.3 is 9.80 Å². The number of likely N-dealkylation sites (N-methyl/N-ethyl adjacent to an activating group) is 2. The summed E-state index contributed by atoms with van der Waals surface area (Å²) in [7, 11) is 3.97. The van der Waals surface area contributed by atoms with Gasteiger partial charge in [0.1, 0.15) is 0 Å². The number of fused-ring (bicyclic) bond motifs is 1. The first-order chi connectivity index (χ1) is 18.3. The monoisotopic (exact) mass is 567 g/mol. The molecule has 1 unspecified atom stereocenters. The van der Waals surface area contributed by atoms with E-state index in [1.165, 1.54) is 22.6 Å². The minimum atomic E-state index is -4.97. The Bertz CT molecular complexity index is 1490. The van der Waals surface area contributed by atoms with Crippen molar-refractivity contribution in [1.82, 2.24) is 19.6 Å². The first-order valence-corrected chi connectivity index (χ1v) is 12.8. The van der Waals surface area contributed by atoms with Crippen molar-refractivity contribution < 1.29 is 31.1 Å². The highest BCUT2D eigenvalue weighted by molar-refractivity contribution is 8.18. The van der Waals surface area contributed by atoms with Gasteiger partial charge in [0, 0.05) is 25.0 Å². The second kappa shape index (κ2) is 10.0. The maximum absolute atomic E-state index is 13.6. The van der Waals surface area contributed by atoms with Crippen LogP contribution in [0.15, 0.2) is 52.5 Å². The van der Waals surface area contributed by atoms with E-state index in [9.17, 15) is 31.1 Å². The zero-order valence-corrected chi connectivity index (χ0v) is 21.7. The number of aromatic nitrogens is 2. The van der Waals surface area contributed by atoms with Crippen LogP contribution in [0.3, 0.4) is 0 Å². The number of benzene rings is 2. The zero-order valence-electron chi connectivity index (χ0n) is 20.8. The van der Waals surface area contributed by atoms with Crippen LogP contribution in [0, 0.1) is 0 Å². The van der Waals surface area contributed by atoms with Gasteiger partial charge in [0.15, 0.2) is 5.17 Å². The number of likely N-dealkylation sites (tertiary alicyclic amines) is 1. The molecule has 0 bridgehead atoms. The fourth-order valence-electron chi connectivity index (χ4n) is 4.72. The second-order valence-corrected chi connectivity index (χ2v) is 10.6. The third-order valence-corrected chi connectivity index (χ3v) is 7.93. The quantitative estimate of drug-likeness (QED) is 0.298. The number of carbonyl (C=O) groups is 1. The fourth-order valence-corrected chi connectivity index (χ4v) is 5.67. The van der Waals surface area contributed by atoms with E-state index in [0.29, 0.717) is 32.6 Å². The Morgan fingerprint density at radius 1 is 1.10 bits per heavy atom. The Balaban J connectivity index is 1.36. The van der Waals surface area contributed by atoms with Gasteiger partial charge in [0.25, 0.3) is 5.91 Å². The van der Waals surface area contributed by atoms with E-state index in [2.05, 4.69) is 15.0 Å². The van der Waals surface area contributed by atoms with Crippen molar-refractivity contribution in [3.05, 3.63) is 69.8 Å². The summed E-state index contributed by atoms with van der Waals surface area (Å²) in [4.78, 5) is 21.4. The molecule has 206 valence electrons. The van der Waals surface area contributed by atoms with E-state index >= 15 is 0 Å². The first kappa shape index (κ1) is 27.3. The summed E-state index contributed by atoms with van der Waals surface area (Å²) in [6.07, 6.45) is -5.71. The predicted molar refractivity (Wildman–Crippen MR) is 137 cm³/mol. The summed E-state index contributed by atoms with van der Waals surface area (Å²) < 4.78 is 81.0. The van der Waals surface area contributed by atoms with E-state index in [0.717, 1.165) is 25.6 Å². The van der Waals surface area contributed by atoms with Crippen LogP contribution in [-0.2, 0) is 23.7 Å². The molecule has 1 aromatic heterocycles. The predicted octanol–water partition coefficient (Wildman–Crippen LogP) is 5.73. The van der Waals surface area contributed by atoms with Crippen molar-refractivity contribution in [3.63, 3.8) is 0 Å². The van der Waals surface area contributed by atoms with E-state index in [-0.39, 0.29) is 30.1 Å². The van der Waals surface area contributed by atoms with Crippen LogP contribution in [0.25, 0.3) is 17.0 Å². The molecule has 3 aromatic rings. The standard InChI is InChI=1S/C26H23F6N5OS/c1-35-8-7-19(14-35)36(2)24-34-23(38)22(39-24)10-15-3-6-21-17(9-15)12-33-37(21)13-16-4-5-18(25(27,28)29)11-20(16)26(30,31)32/h3-6,9-12,19H,7-8,13-14H2,1-2H3/b22-10-. The lowest BCUT2D eigenvalue weighted by atomic mass is 10.0. The van der Waals surface area contributed by atoms with Gasteiger partial charge in [-0.2, -0.15) is 36.4 Å². The smallest absolute Gasteiger partial charge is 0.350 e. The van der Waals surface area contributed by atoms with Crippen LogP contribution in [0.1, 0.15) is 28.7 Å². The lowest BCUT2D eigenvalue weighted by Crippen LogP contribution is -2.36. The van der Waals surface area contributed by atoms with Crippen molar-refractivity contribution in [2.24, 2.45) is 4.99 Å². The number of hydrogen-bond donors (Lipinski definition) is 0. The Labute approximate surface area is 224 Å². The molecule has 0 radical (unpaired) electrons. The van der Waals surface area contributed by atoms with E-state index in [1.54, 1.807) is 24.3 Å². The third kappa shape index (κ3) is 5.69. The Morgan fingerprint density at radius 3 is 2.54 bits per heavy atom. The average molecular weight is 568 g/mol. The van der Waals surface area contributed by atoms with Gasteiger partial charge in [0.05, 0.1) is 34.3 Å². The van der Waals surface area contributed by atoms with Crippen LogP contribution < -0.4 is 0 Å². The minimum Gasteiger partial charge on any atom is -0.350 e. The Hall–Kier alpha value is -3.32. The van der Waals surface area contributed by atoms with Gasteiger partial charge in [-0.15, -0.1) is 0 Å². The molecule has 1 atom stereocenters. The molecule has 0 N–H and O–H groups in total. The van der Waals surface area contributed by atoms with Crippen molar-refractivity contribution in [2.45, 2.75) is 31.4 Å². The van der Waals surface area contributed by atoms with Crippen LogP contribution >= 0.6 is 11.8 Å². The topological polar surface area (TPSA) is 53.7 Å². The van der Waals surface area contributed by atoms with Gasteiger partial charge in [-0.3, -0.25) is 9.48 Å². The van der Waals surface area contributed by atoms with Crippen LogP contribution in [0.2, 0.25) is 0 Å². The number of amides is 1. The highest BCUT2D eigenvalue weighted by Gasteiger charge is 2.38. The maximum Gasteiger partial charge on any atom is 0.416 e. The number of rotatable bonds is 4. The van der Waals surface area contributed by atoms with Crippen molar-refractivity contribution in [1.29, 1.82) is 0 Å². The molecule has 1 amide bonds. The Kier molecular flexibility index (Phi) is 7.00. The van der Waals surface area contributed by atoms with Crippen molar-refractivity contribution in [3.8, 4) is 0 Å². The molecule has 0 saturated carbocycles. The second-order valence-electron chi connectivity index (χ2n) is 9.61. The molecule has 1 fully saturated rings. The molecule has 0 aliphatic carbocycles. The first-order valence-electron chi connectivity index (χ1n) is 12.0. The maximum atomic E-state index is 13.6. The molecule has 39 heavy (non-hydrogen) atoms. The molecule has 1 saturated heterocycles. The average Bonchev–Trinajstić information content (AvgIpc) is 3.56. The highest BCUT2D eigenvalue weighted by atomic mass is 32.2. The van der Waals surface area contributed by atoms with Crippen molar-refractivity contribution >= 4 is 39.8 Å². The van der Waals surface area contributed by atoms with Crippen LogP contribution in [0.4, 0.5) is 26.3 Å². The summed E-state index contributed by atoms with van der Waals surface area (Å²) in [5.41, 5.74) is -1.87. The van der Waals surface area contributed by atoms with E-state index < -0.39 is 23.5 Å². The number of thioether (sulfide) groups is 1. The van der Waals surface area contributed by atoms with Gasteiger partial charge >= 0.3 is 12.4 Å². The molecule has 0 spiro atoms. The number of aliphatic imine (C=N–C) groups is 1. The molecule has 3 heterocycles. The summed E-state index contributed by atoms with van der Waals surface area (Å²) in [5, 5.41) is 5.40. The summed E-state index contributed by atoms with van der Waals surface area (Å²) >= 11 is 1.29. The number of halogens is 6. The van der Waals surface area contributed by atoms with Gasteiger partial charge in [-0.05, 0) is 73.2 Å². The van der Waals surface area contributed by atoms with Gasteiger partial charge in [-0.1, -0.05) is 12.1 Å². The fraction of sp³-hybridized carbons (Fsp3) is 0.346. The molecule has 2 aliphatic rings. The SMILES string of the molecule is CN1CCC(N(C)C2=NC(=O)/C(=C/c3ccc4c(cnn4Cc4ccc(C(F)(F)F)cc4C(F)(F)F)c3)S2)C1. The number of nitrogens with zero attached hydrogens (tertiary/aromatic N) is 5. The number of alkyl halides is 6. The van der Waals surface area contributed by atoms with E-state index in [1.807, 2.05) is 19.0 Å². The van der Waals surface area contributed by atoms with Crippen LogP contribution in [-0.4, -0.2) is 63.9 Å². The largest absolute Gasteiger partial charge is 0.416 e. The summed E-state index contributed by atoms with van der Waals surface area (Å²) in [5.74, 6) is -0.342. The minimum absolute atomic E-state index is 0.125. The van der Waals surface area contributed by atoms with Gasteiger partial charge in [-0.25, -0.2) is 0 Å². The summed E-state index contributed by atoms with van der Waals surface area (Å²) in [6.45, 7) is 1.50. The number of carbonyl (C=O) groups excluding carboxylic acids is 1. The lowest BCUT2D eigenvalue weighted by Gasteiger charge is -2.25. The van der Waals surface area contributed by atoms with Crippen molar-refractivity contribution in [2.75, 3.05) is 27.2 Å². The lowest BCUT2D eigenvalue weighted by molar-refractivity contribution is -0.143. The molecule has 5 rings (SSSR count). The summed E-state index contributed by atoms with van der Waals surface area (Å²) in [6, 6.07) is 6.96. The molecular formula is C26H23F6N5OS. The number of amidine groups is 1. The third-order valence-electron chi connectivity index (χ3n) is 6.85. The number of hydrogen-bond acceptors (Lipinski definition) is 5. The van der Waals surface area contributed by atoms with E-state index in [4.69, 9.17) is 0 Å². The Morgan fingerprint density at radius 2 is 1.87 bits per heavy atom. The molecule has 6 nitrogen and oxygen atoms in total. The molecule has 2 aromatic carbocycles. The molecule has 13 heteroatoms. The zero-order chi connectivity index (χ0) is 28.1. The normalized spacial score (nSPS) is 19.9. The highest BCUT2D eigenvalue weighted by Crippen LogP contribution is 2.38. The van der Waals surface area contributed by atoms with Crippen LogP contribution in [0.5, 0.6) is 0 Å². The molecular weight excluding hydrogens is 544 g/mol.